The summed E-state index contributed by atoms with van der Waals surface area (Å²) < 4.78 is 0. The zero-order valence-electron chi connectivity index (χ0n) is 13.0. The number of thiophene rings is 1. The van der Waals surface area contributed by atoms with Crippen molar-refractivity contribution < 1.29 is 9.90 Å². The Hall–Kier alpha value is -1.73. The highest BCUT2D eigenvalue weighted by molar-refractivity contribution is 7.20. The minimum Gasteiger partial charge on any atom is -0.477 e. The van der Waals surface area contributed by atoms with Crippen LogP contribution in [0.5, 0.6) is 0 Å². The van der Waals surface area contributed by atoms with Gasteiger partial charge in [-0.05, 0) is 45.3 Å². The highest BCUT2D eigenvalue weighted by Crippen LogP contribution is 2.36. The molecule has 0 aromatic carbocycles. The SMILES string of the molecule is Cc1c(C(=O)O)sc2ncnc(NCC(C3CC3)N(C)C)c12. The summed E-state index contributed by atoms with van der Waals surface area (Å²) in [5.41, 5.74) is 0.739. The van der Waals surface area contributed by atoms with Crippen LogP contribution >= 0.6 is 11.3 Å². The van der Waals surface area contributed by atoms with E-state index in [0.29, 0.717) is 10.9 Å². The Morgan fingerprint density at radius 3 is 2.82 bits per heavy atom. The van der Waals surface area contributed by atoms with Crippen LogP contribution in [0.2, 0.25) is 0 Å². The first kappa shape index (κ1) is 15.2. The van der Waals surface area contributed by atoms with Crippen molar-refractivity contribution in [2.75, 3.05) is 26.0 Å². The number of nitrogens with one attached hydrogen (secondary N) is 1. The average molecular weight is 320 g/mol. The van der Waals surface area contributed by atoms with Crippen molar-refractivity contribution in [1.82, 2.24) is 14.9 Å². The second kappa shape index (κ2) is 5.81. The molecule has 0 amide bonds. The molecule has 3 rings (SSSR count). The number of aromatic carboxylic acids is 1. The third-order valence-corrected chi connectivity index (χ3v) is 5.42. The maximum atomic E-state index is 11.3. The molecule has 1 aliphatic rings. The highest BCUT2D eigenvalue weighted by atomic mass is 32.1. The number of rotatable bonds is 6. The van der Waals surface area contributed by atoms with Crippen molar-refractivity contribution in [1.29, 1.82) is 0 Å². The van der Waals surface area contributed by atoms with E-state index < -0.39 is 5.97 Å². The number of carbonyl (C=O) groups is 1. The Balaban J connectivity index is 1.88. The van der Waals surface area contributed by atoms with E-state index >= 15 is 0 Å². The van der Waals surface area contributed by atoms with Crippen LogP contribution in [0.1, 0.15) is 28.1 Å². The molecule has 1 unspecified atom stereocenters. The number of hydrogen-bond acceptors (Lipinski definition) is 6. The van der Waals surface area contributed by atoms with Gasteiger partial charge < -0.3 is 15.3 Å². The highest BCUT2D eigenvalue weighted by Gasteiger charge is 2.32. The second-order valence-electron chi connectivity index (χ2n) is 6.01. The number of aromatic nitrogens is 2. The summed E-state index contributed by atoms with van der Waals surface area (Å²) in [5.74, 6) is 0.576. The van der Waals surface area contributed by atoms with Crippen LogP contribution in [0.4, 0.5) is 5.82 Å². The molecule has 1 fully saturated rings. The molecule has 6 nitrogen and oxygen atoms in total. The molecule has 1 aliphatic carbocycles. The lowest BCUT2D eigenvalue weighted by Gasteiger charge is -2.24. The van der Waals surface area contributed by atoms with Crippen molar-refractivity contribution in [3.63, 3.8) is 0 Å². The summed E-state index contributed by atoms with van der Waals surface area (Å²) in [4.78, 5) is 23.1. The van der Waals surface area contributed by atoms with Crippen molar-refractivity contribution in [2.24, 2.45) is 5.92 Å². The lowest BCUT2D eigenvalue weighted by atomic mass is 10.1. The molecule has 1 atom stereocenters. The van der Waals surface area contributed by atoms with E-state index in [-0.39, 0.29) is 0 Å². The van der Waals surface area contributed by atoms with Gasteiger partial charge in [-0.25, -0.2) is 14.8 Å². The molecule has 2 aromatic rings. The number of nitrogens with zero attached hydrogens (tertiary/aromatic N) is 3. The van der Waals surface area contributed by atoms with Crippen molar-refractivity contribution in [2.45, 2.75) is 25.8 Å². The Kier molecular flexibility index (Phi) is 4.01. The van der Waals surface area contributed by atoms with Gasteiger partial charge in [0.15, 0.2) is 0 Å². The van der Waals surface area contributed by atoms with Gasteiger partial charge in [-0.2, -0.15) is 0 Å². The number of likely N-dealkylation sites (N-methyl/N-ethyl adjacent to an activating group) is 1. The van der Waals surface area contributed by atoms with E-state index in [1.54, 1.807) is 0 Å². The van der Waals surface area contributed by atoms with Crippen LogP contribution in [-0.2, 0) is 0 Å². The molecule has 0 saturated heterocycles. The monoisotopic (exact) mass is 320 g/mol. The summed E-state index contributed by atoms with van der Waals surface area (Å²) >= 11 is 1.20. The molecule has 0 spiro atoms. The minimum absolute atomic E-state index is 0.338. The molecule has 2 N–H and O–H groups in total. The third-order valence-electron chi connectivity index (χ3n) is 4.23. The smallest absolute Gasteiger partial charge is 0.346 e. The summed E-state index contributed by atoms with van der Waals surface area (Å²) in [6.07, 6.45) is 4.06. The zero-order valence-corrected chi connectivity index (χ0v) is 13.8. The molecular weight excluding hydrogens is 300 g/mol. The molecule has 22 heavy (non-hydrogen) atoms. The van der Waals surface area contributed by atoms with Crippen molar-refractivity contribution in [3.8, 4) is 0 Å². The summed E-state index contributed by atoms with van der Waals surface area (Å²) in [7, 11) is 4.19. The van der Waals surface area contributed by atoms with Gasteiger partial charge >= 0.3 is 5.97 Å². The van der Waals surface area contributed by atoms with Gasteiger partial charge in [-0.1, -0.05) is 0 Å². The van der Waals surface area contributed by atoms with Crippen LogP contribution in [0.25, 0.3) is 10.2 Å². The van der Waals surface area contributed by atoms with E-state index in [1.807, 2.05) is 6.92 Å². The molecule has 118 valence electrons. The molecule has 0 radical (unpaired) electrons. The molecule has 0 bridgehead atoms. The van der Waals surface area contributed by atoms with Gasteiger partial charge in [0, 0.05) is 12.6 Å². The van der Waals surface area contributed by atoms with Gasteiger partial charge in [-0.15, -0.1) is 11.3 Å². The van der Waals surface area contributed by atoms with Crippen LogP contribution < -0.4 is 5.32 Å². The van der Waals surface area contributed by atoms with Crippen molar-refractivity contribution in [3.05, 3.63) is 16.8 Å². The summed E-state index contributed by atoms with van der Waals surface area (Å²) in [6, 6.07) is 0.475. The van der Waals surface area contributed by atoms with E-state index in [0.717, 1.165) is 34.1 Å². The number of carboxylic acids is 1. The first-order chi connectivity index (χ1) is 10.5. The van der Waals surface area contributed by atoms with E-state index in [9.17, 15) is 9.90 Å². The largest absolute Gasteiger partial charge is 0.477 e. The Morgan fingerprint density at radius 1 is 1.50 bits per heavy atom. The van der Waals surface area contributed by atoms with Gasteiger partial charge in [0.1, 0.15) is 21.9 Å². The van der Waals surface area contributed by atoms with E-state index in [4.69, 9.17) is 0 Å². The first-order valence-electron chi connectivity index (χ1n) is 7.36. The first-order valence-corrected chi connectivity index (χ1v) is 8.18. The number of carboxylic acid groups (broad SMARTS) is 1. The number of anilines is 1. The predicted molar refractivity (Wildman–Crippen MR) is 87.8 cm³/mol. The fourth-order valence-corrected chi connectivity index (χ4v) is 3.85. The lowest BCUT2D eigenvalue weighted by Crippen LogP contribution is -2.36. The van der Waals surface area contributed by atoms with Gasteiger partial charge in [0.05, 0.1) is 5.39 Å². The molecule has 7 heteroatoms. The van der Waals surface area contributed by atoms with Crippen LogP contribution in [0, 0.1) is 12.8 Å². The van der Waals surface area contributed by atoms with E-state index in [2.05, 4.69) is 34.3 Å². The van der Waals surface area contributed by atoms with Crippen LogP contribution in [0.15, 0.2) is 6.33 Å². The lowest BCUT2D eigenvalue weighted by molar-refractivity contribution is 0.0701. The number of fused-ring (bicyclic) bond motifs is 1. The summed E-state index contributed by atoms with van der Waals surface area (Å²) in [5, 5.41) is 13.5. The van der Waals surface area contributed by atoms with Gasteiger partial charge in [0.2, 0.25) is 0 Å². The Bertz CT molecular complexity index is 707. The Morgan fingerprint density at radius 2 is 2.23 bits per heavy atom. The predicted octanol–water partition coefficient (Wildman–Crippen LogP) is 2.45. The average Bonchev–Trinajstić information content (AvgIpc) is 3.23. The Labute approximate surface area is 133 Å². The van der Waals surface area contributed by atoms with Gasteiger partial charge in [-0.3, -0.25) is 0 Å². The number of hydrogen-bond donors (Lipinski definition) is 2. The second-order valence-corrected chi connectivity index (χ2v) is 7.01. The van der Waals surface area contributed by atoms with E-state index in [1.165, 1.54) is 30.5 Å². The quantitative estimate of drug-likeness (QED) is 0.851. The van der Waals surface area contributed by atoms with Crippen LogP contribution in [0.3, 0.4) is 0 Å². The standard InChI is InChI=1S/C15H20N4O2S/c1-8-11-13(16-6-10(19(2)3)9-4-5-9)17-7-18-14(11)22-12(8)15(20)21/h7,9-10H,4-6H2,1-3H3,(H,20,21)(H,16,17,18). The number of aryl methyl sites for hydroxylation is 1. The summed E-state index contributed by atoms with van der Waals surface area (Å²) in [6.45, 7) is 2.63. The fraction of sp³-hybridized carbons (Fsp3) is 0.533. The topological polar surface area (TPSA) is 78.3 Å². The van der Waals surface area contributed by atoms with Gasteiger partial charge in [0.25, 0.3) is 0 Å². The third kappa shape index (κ3) is 2.78. The molecule has 1 saturated carbocycles. The molecular formula is C15H20N4O2S. The normalized spacial score (nSPS) is 16.2. The molecule has 2 heterocycles. The fourth-order valence-electron chi connectivity index (χ4n) is 2.86. The molecule has 2 aromatic heterocycles. The van der Waals surface area contributed by atoms with Crippen molar-refractivity contribution >= 4 is 33.3 Å². The maximum absolute atomic E-state index is 11.3. The van der Waals surface area contributed by atoms with Crippen LogP contribution in [-0.4, -0.2) is 52.6 Å². The molecule has 0 aliphatic heterocycles. The zero-order chi connectivity index (χ0) is 15.9. The maximum Gasteiger partial charge on any atom is 0.346 e. The minimum atomic E-state index is -0.907.